The lowest BCUT2D eigenvalue weighted by Gasteiger charge is -2.07. The lowest BCUT2D eigenvalue weighted by Crippen LogP contribution is -1.95. The molecule has 0 bridgehead atoms. The monoisotopic (exact) mass is 261 g/mol. The van der Waals surface area contributed by atoms with Gasteiger partial charge in [0.1, 0.15) is 0 Å². The highest BCUT2D eigenvalue weighted by molar-refractivity contribution is 5.60. The molecule has 0 fully saturated rings. The van der Waals surface area contributed by atoms with Crippen molar-refractivity contribution in [3.63, 3.8) is 0 Å². The molecule has 2 aromatic rings. The van der Waals surface area contributed by atoms with Crippen LogP contribution in [0.3, 0.4) is 0 Å². The number of nitrogens with zero attached hydrogens (tertiary/aromatic N) is 1. The zero-order valence-electron chi connectivity index (χ0n) is 11.8. The Morgan fingerprint density at radius 1 is 1.20 bits per heavy atom. The maximum Gasteiger partial charge on any atom is 0.0708 e. The van der Waals surface area contributed by atoms with Gasteiger partial charge in [0.05, 0.1) is 5.69 Å². The minimum Gasteiger partial charge on any atom is -0.252 e. The Morgan fingerprint density at radius 3 is 2.65 bits per heavy atom. The van der Waals surface area contributed by atoms with Crippen molar-refractivity contribution >= 4 is 0 Å². The average Bonchev–Trinajstić information content (AvgIpc) is 2.45. The van der Waals surface area contributed by atoms with Crippen LogP contribution in [0.4, 0.5) is 0 Å². The maximum atomic E-state index is 4.73. The van der Waals surface area contributed by atoms with E-state index >= 15 is 0 Å². The van der Waals surface area contributed by atoms with Crippen LogP contribution in [0.2, 0.25) is 0 Å². The third-order valence-electron chi connectivity index (χ3n) is 2.97. The SMILES string of the molecule is C=C/C=C\C(=C)Cc1cc(C)cc(-c2ccccc2)n1. The Kier molecular flexibility index (Phi) is 4.67. The lowest BCUT2D eigenvalue weighted by atomic mass is 10.1. The smallest absolute Gasteiger partial charge is 0.0708 e. The lowest BCUT2D eigenvalue weighted by molar-refractivity contribution is 1.07. The largest absolute Gasteiger partial charge is 0.252 e. The van der Waals surface area contributed by atoms with Crippen molar-refractivity contribution in [3.05, 3.63) is 90.7 Å². The van der Waals surface area contributed by atoms with Gasteiger partial charge >= 0.3 is 0 Å². The van der Waals surface area contributed by atoms with Crippen molar-refractivity contribution in [2.45, 2.75) is 13.3 Å². The van der Waals surface area contributed by atoms with E-state index in [4.69, 9.17) is 4.98 Å². The zero-order valence-corrected chi connectivity index (χ0v) is 11.8. The Bertz CT molecular complexity index is 636. The van der Waals surface area contributed by atoms with E-state index in [1.165, 1.54) is 5.56 Å². The molecule has 1 heterocycles. The van der Waals surface area contributed by atoms with Crippen LogP contribution in [0, 0.1) is 6.92 Å². The number of allylic oxidation sites excluding steroid dienone is 4. The van der Waals surface area contributed by atoms with Crippen molar-refractivity contribution < 1.29 is 0 Å². The van der Waals surface area contributed by atoms with Crippen LogP contribution in [-0.2, 0) is 6.42 Å². The number of aromatic nitrogens is 1. The van der Waals surface area contributed by atoms with Gasteiger partial charge in [0, 0.05) is 17.7 Å². The summed E-state index contributed by atoms with van der Waals surface area (Å²) in [6.07, 6.45) is 6.38. The number of hydrogen-bond donors (Lipinski definition) is 0. The second-order valence-corrected chi connectivity index (χ2v) is 4.82. The van der Waals surface area contributed by atoms with Crippen LogP contribution in [0.1, 0.15) is 11.3 Å². The van der Waals surface area contributed by atoms with Crippen LogP contribution in [-0.4, -0.2) is 4.98 Å². The molecule has 1 aromatic carbocycles. The predicted molar refractivity (Wildman–Crippen MR) is 86.6 cm³/mol. The van der Waals surface area contributed by atoms with E-state index in [1.807, 2.05) is 30.4 Å². The fourth-order valence-corrected chi connectivity index (χ4v) is 2.08. The average molecular weight is 261 g/mol. The fraction of sp³-hybridized carbons (Fsp3) is 0.105. The van der Waals surface area contributed by atoms with Crippen LogP contribution in [0.5, 0.6) is 0 Å². The van der Waals surface area contributed by atoms with Gasteiger partial charge in [-0.2, -0.15) is 0 Å². The van der Waals surface area contributed by atoms with Gasteiger partial charge in [-0.1, -0.05) is 61.7 Å². The van der Waals surface area contributed by atoms with E-state index in [0.29, 0.717) is 0 Å². The second-order valence-electron chi connectivity index (χ2n) is 4.82. The van der Waals surface area contributed by atoms with Crippen molar-refractivity contribution in [1.29, 1.82) is 0 Å². The van der Waals surface area contributed by atoms with E-state index in [-0.39, 0.29) is 0 Å². The zero-order chi connectivity index (χ0) is 14.4. The van der Waals surface area contributed by atoms with Gasteiger partial charge in [0.25, 0.3) is 0 Å². The standard InChI is InChI=1S/C19H19N/c1-4-5-9-15(2)12-18-13-16(3)14-19(20-18)17-10-7-6-8-11-17/h4-11,13-14H,1-2,12H2,3H3/b9-5-. The molecule has 0 aliphatic heterocycles. The summed E-state index contributed by atoms with van der Waals surface area (Å²) in [5.74, 6) is 0. The van der Waals surface area contributed by atoms with Crippen LogP contribution in [0.25, 0.3) is 11.3 Å². The molecule has 0 N–H and O–H groups in total. The first-order valence-corrected chi connectivity index (χ1v) is 6.69. The molecule has 1 aromatic heterocycles. The van der Waals surface area contributed by atoms with E-state index in [2.05, 4.69) is 44.3 Å². The van der Waals surface area contributed by atoms with E-state index in [0.717, 1.165) is 28.9 Å². The van der Waals surface area contributed by atoms with E-state index in [9.17, 15) is 0 Å². The quantitative estimate of drug-likeness (QED) is 0.698. The molecule has 100 valence electrons. The summed E-state index contributed by atoms with van der Waals surface area (Å²) in [4.78, 5) is 4.73. The Hall–Kier alpha value is -2.41. The molecule has 0 radical (unpaired) electrons. The normalized spacial score (nSPS) is 10.7. The first-order valence-electron chi connectivity index (χ1n) is 6.69. The summed E-state index contributed by atoms with van der Waals surface area (Å²) in [5.41, 5.74) is 5.45. The first-order chi connectivity index (χ1) is 9.69. The minimum atomic E-state index is 0.756. The Labute approximate surface area is 121 Å². The molecular formula is C19H19N. The van der Waals surface area contributed by atoms with Crippen molar-refractivity contribution in [2.75, 3.05) is 0 Å². The summed E-state index contributed by atoms with van der Waals surface area (Å²) >= 11 is 0. The van der Waals surface area contributed by atoms with Gasteiger partial charge in [-0.15, -0.1) is 0 Å². The van der Waals surface area contributed by atoms with Crippen LogP contribution < -0.4 is 0 Å². The molecule has 0 aliphatic rings. The Morgan fingerprint density at radius 2 is 1.95 bits per heavy atom. The minimum absolute atomic E-state index is 0.756. The van der Waals surface area contributed by atoms with Crippen molar-refractivity contribution in [2.24, 2.45) is 0 Å². The third kappa shape index (κ3) is 3.79. The fourth-order valence-electron chi connectivity index (χ4n) is 2.08. The summed E-state index contributed by atoms with van der Waals surface area (Å²) < 4.78 is 0. The molecule has 2 rings (SSSR count). The molecular weight excluding hydrogens is 242 g/mol. The number of rotatable bonds is 5. The molecule has 0 aliphatic carbocycles. The van der Waals surface area contributed by atoms with Crippen molar-refractivity contribution in [1.82, 2.24) is 4.98 Å². The van der Waals surface area contributed by atoms with Gasteiger partial charge in [-0.25, -0.2) is 0 Å². The number of hydrogen-bond acceptors (Lipinski definition) is 1. The van der Waals surface area contributed by atoms with Gasteiger partial charge in [0.2, 0.25) is 0 Å². The highest BCUT2D eigenvalue weighted by Gasteiger charge is 2.03. The van der Waals surface area contributed by atoms with E-state index in [1.54, 1.807) is 6.08 Å². The molecule has 0 spiro atoms. The number of pyridine rings is 1. The molecule has 0 saturated carbocycles. The van der Waals surface area contributed by atoms with Gasteiger partial charge in [-0.05, 0) is 30.2 Å². The number of aryl methyl sites for hydroxylation is 1. The van der Waals surface area contributed by atoms with Crippen LogP contribution >= 0.6 is 0 Å². The molecule has 0 unspecified atom stereocenters. The molecule has 0 saturated heterocycles. The number of benzene rings is 1. The maximum absolute atomic E-state index is 4.73. The topological polar surface area (TPSA) is 12.9 Å². The molecule has 20 heavy (non-hydrogen) atoms. The molecule has 0 amide bonds. The highest BCUT2D eigenvalue weighted by Crippen LogP contribution is 2.19. The summed E-state index contributed by atoms with van der Waals surface area (Å²) in [5, 5.41) is 0. The van der Waals surface area contributed by atoms with Crippen LogP contribution in [0.15, 0.2) is 79.4 Å². The highest BCUT2D eigenvalue weighted by atomic mass is 14.7. The first kappa shape index (κ1) is 14.0. The van der Waals surface area contributed by atoms with Gasteiger partial charge < -0.3 is 0 Å². The van der Waals surface area contributed by atoms with Gasteiger partial charge in [-0.3, -0.25) is 4.98 Å². The molecule has 0 atom stereocenters. The third-order valence-corrected chi connectivity index (χ3v) is 2.97. The summed E-state index contributed by atoms with van der Waals surface area (Å²) in [6, 6.07) is 14.5. The molecule has 1 nitrogen and oxygen atoms in total. The second kappa shape index (κ2) is 6.67. The van der Waals surface area contributed by atoms with Crippen molar-refractivity contribution in [3.8, 4) is 11.3 Å². The van der Waals surface area contributed by atoms with Gasteiger partial charge in [0.15, 0.2) is 0 Å². The summed E-state index contributed by atoms with van der Waals surface area (Å²) in [7, 11) is 0. The summed E-state index contributed by atoms with van der Waals surface area (Å²) in [6.45, 7) is 9.81. The predicted octanol–water partition coefficient (Wildman–Crippen LogP) is 4.90. The Balaban J connectivity index is 2.28. The molecule has 1 heteroatoms. The van der Waals surface area contributed by atoms with E-state index < -0.39 is 0 Å².